The third-order valence-electron chi connectivity index (χ3n) is 1.99. The van der Waals surface area contributed by atoms with Crippen molar-refractivity contribution in [2.24, 2.45) is 5.92 Å². The average Bonchev–Trinajstić information content (AvgIpc) is 2.12. The van der Waals surface area contributed by atoms with Gasteiger partial charge in [0.25, 0.3) is 0 Å². The number of ether oxygens (including phenoxy) is 1. The molecule has 0 aromatic rings. The summed E-state index contributed by atoms with van der Waals surface area (Å²) in [4.78, 5) is 0. The second-order valence-corrected chi connectivity index (χ2v) is 3.25. The molecule has 0 aromatic heterocycles. The highest BCUT2D eigenvalue weighted by atomic mass is 32.1. The Morgan fingerprint density at radius 2 is 2.31 bits per heavy atom. The van der Waals surface area contributed by atoms with Crippen LogP contribution in [0.1, 0.15) is 39.0 Å². The molecule has 0 spiro atoms. The van der Waals surface area contributed by atoms with Crippen molar-refractivity contribution in [1.82, 2.24) is 0 Å². The predicted molar refractivity (Wildman–Crippen MR) is 60.1 cm³/mol. The molecule has 13 heavy (non-hydrogen) atoms. The van der Waals surface area contributed by atoms with Crippen molar-refractivity contribution in [2.45, 2.75) is 39.0 Å². The van der Waals surface area contributed by atoms with Crippen LogP contribution in [0.5, 0.6) is 0 Å². The molecule has 0 aromatic carbocycles. The first kappa shape index (κ1) is 12.6. The first-order chi connectivity index (χ1) is 6.26. The lowest BCUT2D eigenvalue weighted by Gasteiger charge is -2.14. The summed E-state index contributed by atoms with van der Waals surface area (Å²) in [6.07, 6.45) is 5.03. The molecule has 1 N–H and O–H groups in total. The Labute approximate surface area is 86.2 Å². The van der Waals surface area contributed by atoms with E-state index in [0.29, 0.717) is 5.90 Å². The Hall–Kier alpha value is -0.440. The quantitative estimate of drug-likeness (QED) is 0.388. The molecule has 1 unspecified atom stereocenters. The van der Waals surface area contributed by atoms with Crippen LogP contribution in [-0.2, 0) is 4.74 Å². The van der Waals surface area contributed by atoms with Gasteiger partial charge in [0.1, 0.15) is 0 Å². The SMILES string of the molecule is [CH2]CCCC(CCC)C(=N)OC=S. The number of nitrogens with one attached hydrogen (secondary N) is 1. The lowest BCUT2D eigenvalue weighted by molar-refractivity contribution is 0.446. The Kier molecular flexibility index (Phi) is 7.90. The molecular weight excluding hydrogens is 182 g/mol. The van der Waals surface area contributed by atoms with Crippen LogP contribution >= 0.6 is 12.2 Å². The highest BCUT2D eigenvalue weighted by molar-refractivity contribution is 7.78. The molecule has 1 atom stereocenters. The summed E-state index contributed by atoms with van der Waals surface area (Å²) in [5.41, 5.74) is 1.16. The molecule has 0 heterocycles. The number of hydrogen-bond donors (Lipinski definition) is 1. The molecular formula is C10H18NOS. The van der Waals surface area contributed by atoms with Gasteiger partial charge in [-0.05, 0) is 25.1 Å². The molecule has 3 heteroatoms. The Morgan fingerprint density at radius 3 is 2.77 bits per heavy atom. The van der Waals surface area contributed by atoms with Crippen LogP contribution in [0.2, 0.25) is 0 Å². The number of rotatable bonds is 7. The van der Waals surface area contributed by atoms with E-state index in [4.69, 9.17) is 10.1 Å². The van der Waals surface area contributed by atoms with Crippen molar-refractivity contribution >= 4 is 23.7 Å². The first-order valence-corrected chi connectivity index (χ1v) is 5.21. The zero-order chi connectivity index (χ0) is 10.1. The molecule has 0 bridgehead atoms. The van der Waals surface area contributed by atoms with E-state index in [-0.39, 0.29) is 5.92 Å². The van der Waals surface area contributed by atoms with E-state index < -0.39 is 0 Å². The lowest BCUT2D eigenvalue weighted by atomic mass is 9.97. The van der Waals surface area contributed by atoms with Gasteiger partial charge < -0.3 is 4.74 Å². The second-order valence-electron chi connectivity index (χ2n) is 3.06. The Bertz CT molecular complexity index is 159. The monoisotopic (exact) mass is 200 g/mol. The summed E-state index contributed by atoms with van der Waals surface area (Å²) in [7, 11) is 0. The van der Waals surface area contributed by atoms with E-state index >= 15 is 0 Å². The molecule has 0 aliphatic heterocycles. The van der Waals surface area contributed by atoms with E-state index in [1.165, 1.54) is 0 Å². The van der Waals surface area contributed by atoms with Crippen LogP contribution < -0.4 is 0 Å². The molecule has 0 saturated heterocycles. The molecule has 2 nitrogen and oxygen atoms in total. The summed E-state index contributed by atoms with van der Waals surface area (Å²) in [6.45, 7) is 5.90. The second kappa shape index (κ2) is 8.17. The van der Waals surface area contributed by atoms with Gasteiger partial charge in [0.05, 0.1) is 0 Å². The minimum atomic E-state index is 0.228. The average molecular weight is 200 g/mol. The van der Waals surface area contributed by atoms with E-state index in [1.54, 1.807) is 0 Å². The fourth-order valence-electron chi connectivity index (χ4n) is 1.29. The van der Waals surface area contributed by atoms with Crippen molar-refractivity contribution in [3.8, 4) is 0 Å². The van der Waals surface area contributed by atoms with Crippen molar-refractivity contribution in [2.75, 3.05) is 0 Å². The van der Waals surface area contributed by atoms with Gasteiger partial charge in [0.2, 0.25) is 0 Å². The smallest absolute Gasteiger partial charge is 0.190 e. The molecule has 0 amide bonds. The lowest BCUT2D eigenvalue weighted by Crippen LogP contribution is -2.16. The van der Waals surface area contributed by atoms with Gasteiger partial charge in [0, 0.05) is 5.92 Å². The third-order valence-corrected chi connectivity index (χ3v) is 2.08. The summed E-state index contributed by atoms with van der Waals surface area (Å²) < 4.78 is 4.91. The normalized spacial score (nSPS) is 12.2. The van der Waals surface area contributed by atoms with Crippen molar-refractivity contribution in [3.63, 3.8) is 0 Å². The zero-order valence-electron chi connectivity index (χ0n) is 8.21. The van der Waals surface area contributed by atoms with Crippen LogP contribution in [0.15, 0.2) is 0 Å². The standard InChI is InChI=1S/C10H18NOS/c1-3-5-7-9(6-4-2)10(11)12-8-13/h8-9,11H,1,3-7H2,2H3. The van der Waals surface area contributed by atoms with E-state index in [1.807, 2.05) is 0 Å². The molecule has 0 fully saturated rings. The van der Waals surface area contributed by atoms with Gasteiger partial charge in [-0.2, -0.15) is 0 Å². The van der Waals surface area contributed by atoms with Crippen LogP contribution in [0.3, 0.4) is 0 Å². The summed E-state index contributed by atoms with van der Waals surface area (Å²) in [5.74, 6) is 0.538. The van der Waals surface area contributed by atoms with Crippen molar-refractivity contribution in [3.05, 3.63) is 6.92 Å². The highest BCUT2D eigenvalue weighted by Gasteiger charge is 2.13. The minimum absolute atomic E-state index is 0.228. The van der Waals surface area contributed by atoms with Gasteiger partial charge in [-0.25, -0.2) is 0 Å². The number of thiocarbonyl (C=S) groups is 1. The Balaban J connectivity index is 3.90. The number of unbranched alkanes of at least 4 members (excludes halogenated alkanes) is 1. The zero-order valence-corrected chi connectivity index (χ0v) is 9.03. The van der Waals surface area contributed by atoms with E-state index in [9.17, 15) is 0 Å². The van der Waals surface area contributed by atoms with E-state index in [0.717, 1.165) is 37.7 Å². The maximum atomic E-state index is 7.59. The van der Waals surface area contributed by atoms with Crippen molar-refractivity contribution < 1.29 is 4.74 Å². The van der Waals surface area contributed by atoms with Crippen LogP contribution in [0.25, 0.3) is 0 Å². The van der Waals surface area contributed by atoms with Gasteiger partial charge in [-0.3, -0.25) is 5.41 Å². The van der Waals surface area contributed by atoms with Gasteiger partial charge in [0.15, 0.2) is 11.5 Å². The number of hydrogen-bond acceptors (Lipinski definition) is 3. The van der Waals surface area contributed by atoms with Gasteiger partial charge in [-0.15, -0.1) is 0 Å². The fraction of sp³-hybridized carbons (Fsp3) is 0.700. The first-order valence-electron chi connectivity index (χ1n) is 4.74. The molecule has 1 radical (unpaired) electrons. The van der Waals surface area contributed by atoms with Crippen LogP contribution in [0.4, 0.5) is 0 Å². The maximum Gasteiger partial charge on any atom is 0.190 e. The molecule has 0 aliphatic rings. The third kappa shape index (κ3) is 5.75. The van der Waals surface area contributed by atoms with E-state index in [2.05, 4.69) is 26.1 Å². The summed E-state index contributed by atoms with van der Waals surface area (Å²) in [6, 6.07) is 0. The maximum absolute atomic E-state index is 7.59. The summed E-state index contributed by atoms with van der Waals surface area (Å²) >= 11 is 4.54. The fourth-order valence-corrected chi connectivity index (χ4v) is 1.40. The topological polar surface area (TPSA) is 33.1 Å². The largest absolute Gasteiger partial charge is 0.440 e. The summed E-state index contributed by atoms with van der Waals surface area (Å²) in [5, 5.41) is 7.59. The predicted octanol–water partition coefficient (Wildman–Crippen LogP) is 3.36. The van der Waals surface area contributed by atoms with Crippen LogP contribution in [-0.4, -0.2) is 11.5 Å². The van der Waals surface area contributed by atoms with Gasteiger partial charge >= 0.3 is 0 Å². The van der Waals surface area contributed by atoms with Crippen molar-refractivity contribution in [1.29, 1.82) is 5.41 Å². The minimum Gasteiger partial charge on any atom is -0.440 e. The molecule has 0 aliphatic carbocycles. The molecule has 0 saturated carbocycles. The van der Waals surface area contributed by atoms with Gasteiger partial charge in [-0.1, -0.05) is 33.1 Å². The Morgan fingerprint density at radius 1 is 1.62 bits per heavy atom. The highest BCUT2D eigenvalue weighted by Crippen LogP contribution is 2.16. The van der Waals surface area contributed by atoms with Crippen LogP contribution in [0, 0.1) is 18.3 Å². The molecule has 0 rings (SSSR count). The molecule has 75 valence electrons.